The van der Waals surface area contributed by atoms with Crippen molar-refractivity contribution in [1.82, 2.24) is 19.3 Å². The van der Waals surface area contributed by atoms with Crippen LogP contribution in [0.15, 0.2) is 10.8 Å². The van der Waals surface area contributed by atoms with Gasteiger partial charge >= 0.3 is 0 Å². The number of nitrogens with zero attached hydrogens (tertiary/aromatic N) is 4. The molecule has 98 valence electrons. The Balaban J connectivity index is 2.39. The van der Waals surface area contributed by atoms with Gasteiger partial charge in [-0.05, 0) is 43.1 Å². The van der Waals surface area contributed by atoms with Crippen molar-refractivity contribution >= 4 is 15.9 Å². The van der Waals surface area contributed by atoms with Crippen LogP contribution in [-0.4, -0.2) is 19.3 Å². The number of hydrogen-bond donors (Lipinski definition) is 0. The Hall–Kier alpha value is -1.10. The summed E-state index contributed by atoms with van der Waals surface area (Å²) in [7, 11) is 0. The number of aryl methyl sites for hydroxylation is 3. The van der Waals surface area contributed by atoms with Crippen molar-refractivity contribution in [3.8, 4) is 0 Å². The minimum atomic E-state index is 0.814. The first-order valence-corrected chi connectivity index (χ1v) is 7.10. The largest absolute Gasteiger partial charge is 0.329 e. The molecule has 0 bridgehead atoms. The molecule has 18 heavy (non-hydrogen) atoms. The van der Waals surface area contributed by atoms with Crippen molar-refractivity contribution in [2.75, 3.05) is 0 Å². The Labute approximate surface area is 116 Å². The zero-order chi connectivity index (χ0) is 13.3. The van der Waals surface area contributed by atoms with E-state index >= 15 is 0 Å². The summed E-state index contributed by atoms with van der Waals surface area (Å²) in [6.07, 6.45) is 2.85. The number of aromatic nitrogens is 4. The number of halogens is 1. The lowest BCUT2D eigenvalue weighted by Crippen LogP contribution is -2.09. The standard InChI is InChI=1S/C13H19BrN4/c1-5-11-13(14)12(18(6-2)16-11)7-17-8-15-9(3)10(17)4/h8H,5-7H2,1-4H3. The van der Waals surface area contributed by atoms with Crippen LogP contribution < -0.4 is 0 Å². The second-order valence-corrected chi connectivity index (χ2v) is 5.21. The van der Waals surface area contributed by atoms with E-state index in [9.17, 15) is 0 Å². The molecule has 0 N–H and O–H groups in total. The molecule has 0 aliphatic rings. The number of hydrogen-bond acceptors (Lipinski definition) is 2. The fraction of sp³-hybridized carbons (Fsp3) is 0.538. The first kappa shape index (κ1) is 13.3. The zero-order valence-corrected chi connectivity index (χ0v) is 13.0. The molecule has 2 aromatic rings. The molecule has 0 saturated carbocycles. The highest BCUT2D eigenvalue weighted by molar-refractivity contribution is 9.10. The molecule has 0 aliphatic carbocycles. The number of imidazole rings is 1. The van der Waals surface area contributed by atoms with Crippen molar-refractivity contribution in [2.45, 2.75) is 47.2 Å². The molecule has 0 spiro atoms. The molecule has 2 aromatic heterocycles. The van der Waals surface area contributed by atoms with Gasteiger partial charge in [0, 0.05) is 12.2 Å². The Morgan fingerprint density at radius 1 is 1.28 bits per heavy atom. The average Bonchev–Trinajstić information content (AvgIpc) is 2.85. The zero-order valence-electron chi connectivity index (χ0n) is 11.4. The lowest BCUT2D eigenvalue weighted by Gasteiger charge is -2.08. The second kappa shape index (κ2) is 5.26. The van der Waals surface area contributed by atoms with Gasteiger partial charge in [0.1, 0.15) is 0 Å². The van der Waals surface area contributed by atoms with Crippen LogP contribution in [0.4, 0.5) is 0 Å². The van der Waals surface area contributed by atoms with Gasteiger partial charge in [-0.2, -0.15) is 5.10 Å². The van der Waals surface area contributed by atoms with Crippen LogP contribution in [0, 0.1) is 13.8 Å². The van der Waals surface area contributed by atoms with Gasteiger partial charge in [-0.3, -0.25) is 4.68 Å². The normalized spacial score (nSPS) is 11.2. The third-order valence-electron chi connectivity index (χ3n) is 3.36. The monoisotopic (exact) mass is 310 g/mol. The minimum absolute atomic E-state index is 0.814. The van der Waals surface area contributed by atoms with Crippen LogP contribution in [0.3, 0.4) is 0 Å². The Morgan fingerprint density at radius 2 is 2.00 bits per heavy atom. The average molecular weight is 311 g/mol. The first-order chi connectivity index (χ1) is 8.58. The maximum absolute atomic E-state index is 4.62. The van der Waals surface area contributed by atoms with Gasteiger partial charge in [0.05, 0.1) is 34.4 Å². The molecule has 0 unspecified atom stereocenters. The summed E-state index contributed by atoms with van der Waals surface area (Å²) in [5.74, 6) is 0. The molecule has 0 atom stereocenters. The highest BCUT2D eigenvalue weighted by atomic mass is 79.9. The van der Waals surface area contributed by atoms with Gasteiger partial charge in [0.15, 0.2) is 0 Å². The summed E-state index contributed by atoms with van der Waals surface area (Å²) in [5.41, 5.74) is 4.64. The molecule has 5 heteroatoms. The molecular formula is C13H19BrN4. The predicted octanol–water partition coefficient (Wildman–Crippen LogP) is 3.09. The maximum Gasteiger partial charge on any atom is 0.0955 e. The van der Waals surface area contributed by atoms with Crippen LogP contribution in [0.2, 0.25) is 0 Å². The van der Waals surface area contributed by atoms with E-state index in [1.165, 1.54) is 11.4 Å². The van der Waals surface area contributed by atoms with Crippen LogP contribution in [0.5, 0.6) is 0 Å². The molecule has 2 rings (SSSR count). The summed E-state index contributed by atoms with van der Waals surface area (Å²) in [6.45, 7) is 10.1. The van der Waals surface area contributed by atoms with Crippen molar-refractivity contribution < 1.29 is 0 Å². The highest BCUT2D eigenvalue weighted by Crippen LogP contribution is 2.23. The third kappa shape index (κ3) is 2.23. The van der Waals surface area contributed by atoms with E-state index in [4.69, 9.17) is 0 Å². The third-order valence-corrected chi connectivity index (χ3v) is 4.27. The van der Waals surface area contributed by atoms with E-state index in [-0.39, 0.29) is 0 Å². The van der Waals surface area contributed by atoms with Crippen LogP contribution >= 0.6 is 15.9 Å². The molecular weight excluding hydrogens is 292 g/mol. The maximum atomic E-state index is 4.62. The summed E-state index contributed by atoms with van der Waals surface area (Å²) < 4.78 is 5.37. The fourth-order valence-corrected chi connectivity index (χ4v) is 2.72. The van der Waals surface area contributed by atoms with E-state index in [2.05, 4.69) is 56.0 Å². The topological polar surface area (TPSA) is 35.6 Å². The van der Waals surface area contributed by atoms with Gasteiger partial charge in [0.2, 0.25) is 0 Å². The quantitative estimate of drug-likeness (QED) is 0.870. The van der Waals surface area contributed by atoms with Crippen molar-refractivity contribution in [3.05, 3.63) is 33.6 Å². The molecule has 0 saturated heterocycles. The van der Waals surface area contributed by atoms with Gasteiger partial charge in [0.25, 0.3) is 0 Å². The molecule has 0 aromatic carbocycles. The lowest BCUT2D eigenvalue weighted by molar-refractivity contribution is 0.590. The van der Waals surface area contributed by atoms with Crippen LogP contribution in [0.1, 0.15) is 36.6 Å². The molecule has 4 nitrogen and oxygen atoms in total. The van der Waals surface area contributed by atoms with Crippen LogP contribution in [0.25, 0.3) is 0 Å². The lowest BCUT2D eigenvalue weighted by atomic mass is 10.3. The highest BCUT2D eigenvalue weighted by Gasteiger charge is 2.15. The summed E-state index contributed by atoms with van der Waals surface area (Å²) in [5, 5.41) is 4.62. The van der Waals surface area contributed by atoms with Gasteiger partial charge < -0.3 is 4.57 Å². The van der Waals surface area contributed by atoms with Crippen LogP contribution in [-0.2, 0) is 19.5 Å². The van der Waals surface area contributed by atoms with Gasteiger partial charge in [-0.15, -0.1) is 0 Å². The van der Waals surface area contributed by atoms with Crippen molar-refractivity contribution in [2.24, 2.45) is 0 Å². The summed E-state index contributed by atoms with van der Waals surface area (Å²) in [6, 6.07) is 0. The van der Waals surface area contributed by atoms with E-state index in [1.54, 1.807) is 0 Å². The Morgan fingerprint density at radius 3 is 2.50 bits per heavy atom. The Kier molecular flexibility index (Phi) is 3.90. The van der Waals surface area contributed by atoms with E-state index in [1.807, 2.05) is 13.3 Å². The van der Waals surface area contributed by atoms with Crippen molar-refractivity contribution in [1.29, 1.82) is 0 Å². The molecule has 0 amide bonds. The smallest absolute Gasteiger partial charge is 0.0955 e. The molecule has 0 aliphatic heterocycles. The number of rotatable bonds is 4. The fourth-order valence-electron chi connectivity index (χ4n) is 2.03. The second-order valence-electron chi connectivity index (χ2n) is 4.42. The molecule has 2 heterocycles. The Bertz CT molecular complexity index is 554. The van der Waals surface area contributed by atoms with Gasteiger partial charge in [-0.25, -0.2) is 4.98 Å². The molecule has 0 fully saturated rings. The first-order valence-electron chi connectivity index (χ1n) is 6.30. The van der Waals surface area contributed by atoms with Gasteiger partial charge in [-0.1, -0.05) is 6.92 Å². The minimum Gasteiger partial charge on any atom is -0.329 e. The van der Waals surface area contributed by atoms with E-state index < -0.39 is 0 Å². The summed E-state index contributed by atoms with van der Waals surface area (Å²) in [4.78, 5) is 4.34. The predicted molar refractivity (Wildman–Crippen MR) is 75.8 cm³/mol. The SMILES string of the molecule is CCc1nn(CC)c(Cn2cnc(C)c2C)c1Br. The van der Waals surface area contributed by atoms with Crippen molar-refractivity contribution in [3.63, 3.8) is 0 Å². The summed E-state index contributed by atoms with van der Waals surface area (Å²) >= 11 is 3.67. The van der Waals surface area contributed by atoms with E-state index in [0.717, 1.165) is 35.4 Å². The van der Waals surface area contributed by atoms with E-state index in [0.29, 0.717) is 0 Å². The molecule has 0 radical (unpaired) electrons.